The van der Waals surface area contributed by atoms with Gasteiger partial charge < -0.3 is 19.7 Å². The molecule has 0 fully saturated rings. The van der Waals surface area contributed by atoms with Gasteiger partial charge in [0.2, 0.25) is 0 Å². The number of aromatic amines is 1. The van der Waals surface area contributed by atoms with Gasteiger partial charge >= 0.3 is 12.1 Å². The molecule has 2 N–H and O–H groups in total. The number of nitrogens with one attached hydrogen (secondary N) is 1. The third-order valence-corrected chi connectivity index (χ3v) is 4.50. The monoisotopic (exact) mass is 382 g/mol. The number of esters is 1. The molecule has 0 aliphatic heterocycles. The van der Waals surface area contributed by atoms with Gasteiger partial charge in [-0.2, -0.15) is 0 Å². The summed E-state index contributed by atoms with van der Waals surface area (Å²) in [5.74, 6) is -0.00985. The first-order valence-corrected chi connectivity index (χ1v) is 8.60. The smallest absolute Gasteiger partial charge is 0.407 e. The summed E-state index contributed by atoms with van der Waals surface area (Å²) >= 11 is 0. The molecule has 0 radical (unpaired) electrons. The molecule has 6 nitrogen and oxygen atoms in total. The highest BCUT2D eigenvalue weighted by atomic mass is 35.5. The Labute approximate surface area is 159 Å². The Hall–Kier alpha value is -2.21. The van der Waals surface area contributed by atoms with Crippen LogP contribution in [0.3, 0.4) is 0 Å². The minimum Gasteiger partial charge on any atom is -0.466 e. The molecule has 144 valence electrons. The fraction of sp³-hybridized carbons (Fsp3) is 0.474. The molecule has 1 aromatic heterocycles. The van der Waals surface area contributed by atoms with Crippen LogP contribution in [0.1, 0.15) is 44.7 Å². The van der Waals surface area contributed by atoms with E-state index < -0.39 is 6.09 Å². The Morgan fingerprint density at radius 3 is 2.69 bits per heavy atom. The van der Waals surface area contributed by atoms with E-state index in [0.29, 0.717) is 25.9 Å². The summed E-state index contributed by atoms with van der Waals surface area (Å²) in [5, 5.41) is 10.5. The number of fused-ring (bicyclic) bond motifs is 1. The van der Waals surface area contributed by atoms with Gasteiger partial charge in [-0.15, -0.1) is 12.4 Å². The third kappa shape index (κ3) is 5.66. The molecule has 0 saturated carbocycles. The number of hydrogen-bond donors (Lipinski definition) is 2. The van der Waals surface area contributed by atoms with E-state index in [4.69, 9.17) is 4.74 Å². The summed E-state index contributed by atoms with van der Waals surface area (Å²) in [6, 6.07) is 7.67. The lowest BCUT2D eigenvalue weighted by molar-refractivity contribution is -0.143. The average molecular weight is 383 g/mol. The number of carboxylic acid groups (broad SMARTS) is 1. The van der Waals surface area contributed by atoms with Crippen molar-refractivity contribution < 1.29 is 19.4 Å². The fourth-order valence-electron chi connectivity index (χ4n) is 3.03. The summed E-state index contributed by atoms with van der Waals surface area (Å²) in [6.45, 7) is 4.21. The maximum Gasteiger partial charge on any atom is 0.407 e. The molecule has 2 rings (SSSR count). The van der Waals surface area contributed by atoms with E-state index in [2.05, 4.69) is 4.98 Å². The quantitative estimate of drug-likeness (QED) is 0.653. The topological polar surface area (TPSA) is 82.6 Å². The standard InChI is InChI=1S/C19H26N2O4.ClH/c1-4-25-18(22)8-5-13(2)11-17(21(3)19(23)24)15-6-7-16-14(12-15)9-10-20-16;/h6-7,9-10,12-13,17,20H,4-5,8,11H2,1-3H3,(H,23,24);1H. The largest absolute Gasteiger partial charge is 0.466 e. The van der Waals surface area contributed by atoms with Crippen molar-refractivity contribution in [2.75, 3.05) is 13.7 Å². The molecule has 2 aromatic rings. The van der Waals surface area contributed by atoms with Crippen LogP contribution in [0.5, 0.6) is 0 Å². The van der Waals surface area contributed by atoms with Gasteiger partial charge in [0.05, 0.1) is 12.6 Å². The second-order valence-electron chi connectivity index (χ2n) is 6.42. The van der Waals surface area contributed by atoms with Gasteiger partial charge in [0.1, 0.15) is 0 Å². The van der Waals surface area contributed by atoms with Crippen molar-refractivity contribution in [1.29, 1.82) is 0 Å². The number of rotatable bonds is 8. The number of halogens is 1. The molecule has 1 amide bonds. The predicted molar refractivity (Wildman–Crippen MR) is 104 cm³/mol. The van der Waals surface area contributed by atoms with E-state index in [9.17, 15) is 14.7 Å². The van der Waals surface area contributed by atoms with E-state index in [1.54, 1.807) is 14.0 Å². The number of aromatic nitrogens is 1. The molecule has 0 saturated heterocycles. The zero-order valence-corrected chi connectivity index (χ0v) is 16.2. The Morgan fingerprint density at radius 1 is 1.31 bits per heavy atom. The van der Waals surface area contributed by atoms with Crippen LogP contribution in [0.15, 0.2) is 30.5 Å². The number of carbonyl (C=O) groups is 2. The minimum atomic E-state index is -0.961. The van der Waals surface area contributed by atoms with Crippen LogP contribution in [0.2, 0.25) is 0 Å². The van der Waals surface area contributed by atoms with Crippen molar-refractivity contribution in [3.05, 3.63) is 36.0 Å². The predicted octanol–water partition coefficient (Wildman–Crippen LogP) is 4.61. The van der Waals surface area contributed by atoms with Crippen molar-refractivity contribution >= 4 is 35.4 Å². The number of nitrogens with zero attached hydrogens (tertiary/aromatic N) is 1. The Bertz CT molecular complexity index is 731. The van der Waals surface area contributed by atoms with Gasteiger partial charge in [0.15, 0.2) is 0 Å². The average Bonchev–Trinajstić information content (AvgIpc) is 3.05. The highest BCUT2D eigenvalue weighted by molar-refractivity contribution is 5.85. The third-order valence-electron chi connectivity index (χ3n) is 4.50. The van der Waals surface area contributed by atoms with Crippen LogP contribution in [0.4, 0.5) is 4.79 Å². The second-order valence-corrected chi connectivity index (χ2v) is 6.42. The molecule has 0 spiro atoms. The molecule has 1 aromatic carbocycles. The maximum atomic E-state index is 11.5. The molecule has 7 heteroatoms. The van der Waals surface area contributed by atoms with E-state index in [1.165, 1.54) is 4.90 Å². The highest BCUT2D eigenvalue weighted by Gasteiger charge is 2.24. The van der Waals surface area contributed by atoms with Gasteiger partial charge in [0, 0.05) is 25.2 Å². The number of benzene rings is 1. The lowest BCUT2D eigenvalue weighted by Gasteiger charge is -2.28. The maximum absolute atomic E-state index is 11.5. The normalized spacial score (nSPS) is 12.9. The van der Waals surface area contributed by atoms with Crippen molar-refractivity contribution in [3.8, 4) is 0 Å². The van der Waals surface area contributed by atoms with E-state index in [0.717, 1.165) is 16.5 Å². The molecular formula is C19H27ClN2O4. The highest BCUT2D eigenvalue weighted by Crippen LogP contribution is 2.30. The fourth-order valence-corrected chi connectivity index (χ4v) is 3.03. The SMILES string of the molecule is CCOC(=O)CCC(C)CC(c1ccc2[nH]ccc2c1)N(C)C(=O)O.Cl. The van der Waals surface area contributed by atoms with Crippen LogP contribution in [0, 0.1) is 5.92 Å². The second kappa shape index (κ2) is 10.1. The number of amides is 1. The minimum absolute atomic E-state index is 0. The van der Waals surface area contributed by atoms with Crippen molar-refractivity contribution in [1.82, 2.24) is 9.88 Å². The van der Waals surface area contributed by atoms with Crippen molar-refractivity contribution in [2.24, 2.45) is 5.92 Å². The molecule has 0 aliphatic carbocycles. The molecule has 2 atom stereocenters. The summed E-state index contributed by atoms with van der Waals surface area (Å²) < 4.78 is 4.96. The van der Waals surface area contributed by atoms with Gasteiger partial charge in [-0.25, -0.2) is 4.79 Å². The number of H-pyrrole nitrogens is 1. The van der Waals surface area contributed by atoms with Crippen LogP contribution in [0.25, 0.3) is 10.9 Å². The zero-order chi connectivity index (χ0) is 18.4. The first-order chi connectivity index (χ1) is 11.9. The summed E-state index contributed by atoms with van der Waals surface area (Å²) in [6.07, 6.45) is 2.59. The van der Waals surface area contributed by atoms with Crippen LogP contribution >= 0.6 is 12.4 Å². The van der Waals surface area contributed by atoms with Gasteiger partial charge in [-0.1, -0.05) is 13.0 Å². The molecule has 26 heavy (non-hydrogen) atoms. The lowest BCUT2D eigenvalue weighted by atomic mass is 9.91. The van der Waals surface area contributed by atoms with E-state index in [1.807, 2.05) is 37.4 Å². The molecule has 0 bridgehead atoms. The lowest BCUT2D eigenvalue weighted by Crippen LogP contribution is -2.31. The zero-order valence-electron chi connectivity index (χ0n) is 15.4. The number of ether oxygens (including phenoxy) is 1. The van der Waals surface area contributed by atoms with E-state index >= 15 is 0 Å². The van der Waals surface area contributed by atoms with E-state index in [-0.39, 0.29) is 30.3 Å². The van der Waals surface area contributed by atoms with Gasteiger partial charge in [-0.3, -0.25) is 4.79 Å². The number of carbonyl (C=O) groups excluding carboxylic acids is 1. The van der Waals surface area contributed by atoms with Crippen LogP contribution < -0.4 is 0 Å². The van der Waals surface area contributed by atoms with Crippen LogP contribution in [-0.4, -0.2) is 40.7 Å². The molecule has 0 aliphatic rings. The first kappa shape index (κ1) is 21.8. The van der Waals surface area contributed by atoms with Crippen molar-refractivity contribution in [2.45, 2.75) is 39.2 Å². The Kier molecular flexibility index (Phi) is 8.45. The van der Waals surface area contributed by atoms with Crippen LogP contribution in [-0.2, 0) is 9.53 Å². The summed E-state index contributed by atoms with van der Waals surface area (Å²) in [7, 11) is 1.59. The molecular weight excluding hydrogens is 356 g/mol. The van der Waals surface area contributed by atoms with Gasteiger partial charge in [0.25, 0.3) is 0 Å². The Morgan fingerprint density at radius 2 is 2.04 bits per heavy atom. The molecule has 2 unspecified atom stereocenters. The van der Waals surface area contributed by atoms with Gasteiger partial charge in [-0.05, 0) is 54.8 Å². The summed E-state index contributed by atoms with van der Waals surface area (Å²) in [4.78, 5) is 27.5. The summed E-state index contributed by atoms with van der Waals surface area (Å²) in [5.41, 5.74) is 1.98. The molecule has 1 heterocycles. The van der Waals surface area contributed by atoms with Crippen molar-refractivity contribution in [3.63, 3.8) is 0 Å². The Balaban J connectivity index is 0.00000338. The first-order valence-electron chi connectivity index (χ1n) is 8.60. The number of hydrogen-bond acceptors (Lipinski definition) is 3.